The predicted molar refractivity (Wildman–Crippen MR) is 119 cm³/mol. The second-order valence-electron chi connectivity index (χ2n) is 8.69. The van der Waals surface area contributed by atoms with Crippen molar-refractivity contribution in [2.75, 3.05) is 11.1 Å². The second-order valence-corrected chi connectivity index (χ2v) is 9.77. The number of nitro benzene ring substituents is 1. The Balaban J connectivity index is 1.97. The highest BCUT2D eigenvalue weighted by Gasteiger charge is 2.44. The van der Waals surface area contributed by atoms with Gasteiger partial charge in [-0.15, -0.1) is 0 Å². The molecule has 2 aromatic rings. The van der Waals surface area contributed by atoms with Crippen LogP contribution >= 0.6 is 11.8 Å². The van der Waals surface area contributed by atoms with Gasteiger partial charge in [0.1, 0.15) is 5.82 Å². The number of carbonyl (C=O) groups excluding carboxylic acids is 1. The smallest absolute Gasteiger partial charge is 0.273 e. The molecule has 1 aromatic carbocycles. The fourth-order valence-corrected chi connectivity index (χ4v) is 5.09. The number of Topliss-reactive ketones (excluding diaryl/α,β-unsaturated/α-hetero) is 1. The van der Waals surface area contributed by atoms with Crippen LogP contribution in [-0.4, -0.2) is 26.4 Å². The monoisotopic (exact) mass is 440 g/mol. The van der Waals surface area contributed by atoms with E-state index < -0.39 is 10.8 Å². The number of rotatable bonds is 5. The topological polar surface area (TPSA) is 118 Å². The van der Waals surface area contributed by atoms with Gasteiger partial charge < -0.3 is 10.3 Å². The molecular formula is C22H24N4O4S. The molecule has 2 N–H and O–H groups in total. The molecule has 2 aliphatic rings. The quantitative estimate of drug-likeness (QED) is 0.306. The fourth-order valence-electron chi connectivity index (χ4n) is 4.37. The number of nitrogens with one attached hydrogen (secondary N) is 2. The molecule has 0 bridgehead atoms. The van der Waals surface area contributed by atoms with Crippen molar-refractivity contribution in [3.8, 4) is 0 Å². The van der Waals surface area contributed by atoms with Gasteiger partial charge in [-0.3, -0.25) is 19.7 Å². The van der Waals surface area contributed by atoms with Crippen LogP contribution in [0.2, 0.25) is 0 Å². The van der Waals surface area contributed by atoms with Crippen molar-refractivity contribution in [3.63, 3.8) is 0 Å². The van der Waals surface area contributed by atoms with E-state index in [0.29, 0.717) is 40.6 Å². The van der Waals surface area contributed by atoms with Gasteiger partial charge in [0, 0.05) is 35.1 Å². The van der Waals surface area contributed by atoms with Crippen molar-refractivity contribution < 1.29 is 9.72 Å². The standard InChI is InChI=1S/C22H24N4O4S/c1-4-9-31-21-24-19-18(20(28)25-21)16(12-7-5-6-8-14(12)26(29)30)17-13(23-19)10-22(2,3)11-15(17)27/h5-8,16H,4,9-11H2,1-3H3,(H2,23,24,25,28)/t16-/m0/s1. The van der Waals surface area contributed by atoms with Gasteiger partial charge in [-0.25, -0.2) is 4.98 Å². The molecule has 31 heavy (non-hydrogen) atoms. The van der Waals surface area contributed by atoms with E-state index in [0.717, 1.165) is 12.2 Å². The van der Waals surface area contributed by atoms with E-state index >= 15 is 0 Å². The number of carbonyl (C=O) groups is 1. The molecule has 0 fully saturated rings. The van der Waals surface area contributed by atoms with Crippen LogP contribution in [0.15, 0.2) is 45.5 Å². The summed E-state index contributed by atoms with van der Waals surface area (Å²) in [5.41, 5.74) is 0.953. The van der Waals surface area contributed by atoms with E-state index in [1.54, 1.807) is 18.2 Å². The van der Waals surface area contributed by atoms with Gasteiger partial charge in [-0.2, -0.15) is 0 Å². The lowest BCUT2D eigenvalue weighted by molar-refractivity contribution is -0.385. The predicted octanol–water partition coefficient (Wildman–Crippen LogP) is 4.38. The van der Waals surface area contributed by atoms with Crippen molar-refractivity contribution in [2.45, 2.75) is 51.1 Å². The number of hydrogen-bond donors (Lipinski definition) is 2. The number of H-pyrrole nitrogens is 1. The number of hydrogen-bond acceptors (Lipinski definition) is 7. The highest BCUT2D eigenvalue weighted by atomic mass is 32.2. The highest BCUT2D eigenvalue weighted by Crippen LogP contribution is 2.49. The van der Waals surface area contributed by atoms with Gasteiger partial charge in [-0.1, -0.05) is 50.7 Å². The van der Waals surface area contributed by atoms with E-state index in [1.807, 2.05) is 20.8 Å². The summed E-state index contributed by atoms with van der Waals surface area (Å²) in [7, 11) is 0. The van der Waals surface area contributed by atoms with Crippen LogP contribution in [0.3, 0.4) is 0 Å². The molecule has 0 saturated carbocycles. The number of ketones is 1. The van der Waals surface area contributed by atoms with Crippen molar-refractivity contribution >= 4 is 29.1 Å². The van der Waals surface area contributed by atoms with Gasteiger partial charge in [0.25, 0.3) is 11.2 Å². The molecule has 0 unspecified atom stereocenters. The number of aromatic nitrogens is 2. The van der Waals surface area contributed by atoms with Crippen LogP contribution in [-0.2, 0) is 4.79 Å². The molecule has 8 nitrogen and oxygen atoms in total. The lowest BCUT2D eigenvalue weighted by atomic mass is 9.69. The zero-order valence-corrected chi connectivity index (χ0v) is 18.5. The SMILES string of the molecule is CCCSc1nc2c(c(=O)[nH]1)[C@@H](c1ccccc1[N+](=O)[O-])C1=C(CC(C)(C)CC1=O)N2. The molecule has 2 heterocycles. The first-order chi connectivity index (χ1) is 14.7. The van der Waals surface area contributed by atoms with Gasteiger partial charge in [0.15, 0.2) is 10.9 Å². The molecule has 1 atom stereocenters. The van der Waals surface area contributed by atoms with Crippen LogP contribution in [0.25, 0.3) is 0 Å². The number of nitro groups is 1. The maximum atomic E-state index is 13.2. The number of nitrogens with zero attached hydrogens (tertiary/aromatic N) is 2. The summed E-state index contributed by atoms with van der Waals surface area (Å²) >= 11 is 1.44. The molecule has 1 aliphatic carbocycles. The van der Waals surface area contributed by atoms with Crippen LogP contribution in [0.4, 0.5) is 11.5 Å². The lowest BCUT2D eigenvalue weighted by Crippen LogP contribution is -2.37. The number of anilines is 1. The number of para-hydroxylation sites is 1. The van der Waals surface area contributed by atoms with Crippen molar-refractivity contribution in [1.82, 2.24) is 9.97 Å². The number of allylic oxidation sites excluding steroid dienone is 2. The Morgan fingerprint density at radius 3 is 2.71 bits per heavy atom. The Morgan fingerprint density at radius 1 is 1.26 bits per heavy atom. The van der Waals surface area contributed by atoms with Gasteiger partial charge in [0.2, 0.25) is 0 Å². The van der Waals surface area contributed by atoms with Crippen molar-refractivity contribution in [3.05, 3.63) is 67.1 Å². The minimum absolute atomic E-state index is 0.101. The molecule has 1 aliphatic heterocycles. The Bertz CT molecular complexity index is 1170. The van der Waals surface area contributed by atoms with Crippen molar-refractivity contribution in [2.24, 2.45) is 5.41 Å². The molecule has 0 spiro atoms. The third-order valence-corrected chi connectivity index (χ3v) is 6.67. The maximum Gasteiger partial charge on any atom is 0.273 e. The first-order valence-electron chi connectivity index (χ1n) is 10.3. The third kappa shape index (κ3) is 3.89. The molecule has 0 radical (unpaired) electrons. The summed E-state index contributed by atoms with van der Waals surface area (Å²) in [5.74, 6) is 0.235. The van der Waals surface area contributed by atoms with Crippen molar-refractivity contribution in [1.29, 1.82) is 0 Å². The summed E-state index contributed by atoms with van der Waals surface area (Å²) < 4.78 is 0. The maximum absolute atomic E-state index is 13.2. The first-order valence-corrected chi connectivity index (χ1v) is 11.2. The minimum Gasteiger partial charge on any atom is -0.343 e. The molecular weight excluding hydrogens is 416 g/mol. The van der Waals surface area contributed by atoms with E-state index in [2.05, 4.69) is 15.3 Å². The third-order valence-electron chi connectivity index (χ3n) is 5.59. The average Bonchev–Trinajstić information content (AvgIpc) is 2.69. The summed E-state index contributed by atoms with van der Waals surface area (Å²) in [4.78, 5) is 45.1. The zero-order valence-electron chi connectivity index (χ0n) is 17.7. The Kier molecular flexibility index (Phi) is 5.47. The number of benzene rings is 1. The minimum atomic E-state index is -0.835. The molecule has 4 rings (SSSR count). The second kappa shape index (κ2) is 7.96. The Morgan fingerprint density at radius 2 is 2.00 bits per heavy atom. The van der Waals surface area contributed by atoms with Gasteiger partial charge in [-0.05, 0) is 18.3 Å². The van der Waals surface area contributed by atoms with Gasteiger partial charge in [0.05, 0.1) is 16.4 Å². The highest BCUT2D eigenvalue weighted by molar-refractivity contribution is 7.99. The van der Waals surface area contributed by atoms with E-state index in [9.17, 15) is 19.7 Å². The first kappa shape index (κ1) is 21.3. The number of fused-ring (bicyclic) bond motifs is 1. The summed E-state index contributed by atoms with van der Waals surface area (Å²) in [6, 6.07) is 6.29. The summed E-state index contributed by atoms with van der Waals surface area (Å²) in [6.07, 6.45) is 1.84. The molecule has 0 saturated heterocycles. The number of aromatic amines is 1. The largest absolute Gasteiger partial charge is 0.343 e. The Labute approximate surface area is 183 Å². The fraction of sp³-hybridized carbons (Fsp3) is 0.409. The summed E-state index contributed by atoms with van der Waals surface area (Å²) in [5, 5.41) is 15.5. The van der Waals surface area contributed by atoms with Crippen LogP contribution < -0.4 is 10.9 Å². The normalized spacial score (nSPS) is 19.5. The lowest BCUT2D eigenvalue weighted by Gasteiger charge is -2.38. The van der Waals surface area contributed by atoms with Gasteiger partial charge >= 0.3 is 0 Å². The Hall–Kier alpha value is -2.94. The molecule has 9 heteroatoms. The van der Waals surface area contributed by atoms with Crippen LogP contribution in [0, 0.1) is 15.5 Å². The average molecular weight is 441 g/mol. The summed E-state index contributed by atoms with van der Waals surface area (Å²) in [6.45, 7) is 6.07. The van der Waals surface area contributed by atoms with E-state index in [1.165, 1.54) is 17.8 Å². The molecule has 0 amide bonds. The number of thioether (sulfide) groups is 1. The van der Waals surface area contributed by atoms with E-state index in [4.69, 9.17) is 0 Å². The zero-order chi connectivity index (χ0) is 22.3. The van der Waals surface area contributed by atoms with Crippen LogP contribution in [0.1, 0.15) is 57.1 Å². The molecule has 1 aromatic heterocycles. The van der Waals surface area contributed by atoms with Crippen LogP contribution in [0.5, 0.6) is 0 Å². The van der Waals surface area contributed by atoms with E-state index in [-0.39, 0.29) is 28.0 Å². The molecule has 162 valence electrons.